The molecule has 1 aromatic heterocycles. The summed E-state index contributed by atoms with van der Waals surface area (Å²) in [5.74, 6) is 0.932. The van der Waals surface area contributed by atoms with Gasteiger partial charge in [0.15, 0.2) is 0 Å². The third-order valence-electron chi connectivity index (χ3n) is 4.66. The zero-order chi connectivity index (χ0) is 19.2. The molecule has 2 aromatic carbocycles. The minimum atomic E-state index is -0.0375. The van der Waals surface area contributed by atoms with Crippen LogP contribution in [0.5, 0.6) is 0 Å². The number of ether oxygens (including phenoxy) is 1. The van der Waals surface area contributed by atoms with E-state index in [0.29, 0.717) is 26.2 Å². The zero-order valence-electron chi connectivity index (χ0n) is 16.3. The number of nitrogens with one attached hydrogen (secondary N) is 1. The van der Waals surface area contributed by atoms with Crippen LogP contribution in [-0.2, 0) is 17.7 Å². The lowest BCUT2D eigenvalue weighted by Crippen LogP contribution is -2.27. The molecule has 5 nitrogen and oxygen atoms in total. The molecule has 0 fully saturated rings. The molecule has 142 valence electrons. The minimum absolute atomic E-state index is 0.0375. The molecule has 1 amide bonds. The van der Waals surface area contributed by atoms with Crippen molar-refractivity contribution in [3.05, 3.63) is 65.0 Å². The van der Waals surface area contributed by atoms with Crippen molar-refractivity contribution in [1.82, 2.24) is 14.9 Å². The van der Waals surface area contributed by atoms with Crippen molar-refractivity contribution < 1.29 is 9.53 Å². The second-order valence-electron chi connectivity index (χ2n) is 6.69. The van der Waals surface area contributed by atoms with Gasteiger partial charge >= 0.3 is 0 Å². The monoisotopic (exact) mass is 365 g/mol. The molecule has 3 rings (SSSR count). The molecule has 0 radical (unpaired) electrons. The molecule has 0 spiro atoms. The Morgan fingerprint density at radius 1 is 1.19 bits per heavy atom. The molecular weight excluding hydrogens is 338 g/mol. The summed E-state index contributed by atoms with van der Waals surface area (Å²) in [4.78, 5) is 17.2. The maximum Gasteiger partial charge on any atom is 0.251 e. The van der Waals surface area contributed by atoms with Crippen molar-refractivity contribution >= 4 is 16.9 Å². The van der Waals surface area contributed by atoms with Crippen molar-refractivity contribution in [1.29, 1.82) is 0 Å². The van der Waals surface area contributed by atoms with Crippen molar-refractivity contribution in [2.45, 2.75) is 33.7 Å². The van der Waals surface area contributed by atoms with Gasteiger partial charge in [-0.05, 0) is 44.5 Å². The molecule has 3 aromatic rings. The van der Waals surface area contributed by atoms with Crippen molar-refractivity contribution in [3.63, 3.8) is 0 Å². The maximum atomic E-state index is 12.5. The van der Waals surface area contributed by atoms with Crippen LogP contribution in [0.4, 0.5) is 0 Å². The first kappa shape index (κ1) is 19.1. The van der Waals surface area contributed by atoms with Crippen molar-refractivity contribution in [3.8, 4) is 0 Å². The fraction of sp³-hybridized carbons (Fsp3) is 0.364. The summed E-state index contributed by atoms with van der Waals surface area (Å²) < 4.78 is 7.70. The average Bonchev–Trinajstić information content (AvgIpc) is 2.99. The Hall–Kier alpha value is -2.66. The number of imidazole rings is 1. The Balaban J connectivity index is 1.69. The lowest BCUT2D eigenvalue weighted by Gasteiger charge is -2.11. The SMILES string of the molecule is CCOCCn1c(CCNC(=O)c2ccc(C)cc2C)nc2ccccc21. The van der Waals surface area contributed by atoms with E-state index in [9.17, 15) is 4.79 Å². The van der Waals surface area contributed by atoms with Gasteiger partial charge in [-0.25, -0.2) is 4.98 Å². The number of aromatic nitrogens is 2. The van der Waals surface area contributed by atoms with E-state index >= 15 is 0 Å². The second kappa shape index (κ2) is 8.82. The molecule has 0 atom stereocenters. The van der Waals surface area contributed by atoms with Crippen molar-refractivity contribution in [2.24, 2.45) is 0 Å². The van der Waals surface area contributed by atoms with Gasteiger partial charge in [-0.3, -0.25) is 4.79 Å². The summed E-state index contributed by atoms with van der Waals surface area (Å²) in [6, 6.07) is 14.0. The van der Waals surface area contributed by atoms with Gasteiger partial charge in [0.25, 0.3) is 5.91 Å². The van der Waals surface area contributed by atoms with Crippen molar-refractivity contribution in [2.75, 3.05) is 19.8 Å². The van der Waals surface area contributed by atoms with Gasteiger partial charge in [0.1, 0.15) is 5.82 Å². The number of carbonyl (C=O) groups is 1. The number of carbonyl (C=O) groups excluding carboxylic acids is 1. The molecule has 1 heterocycles. The number of fused-ring (bicyclic) bond motifs is 1. The first-order valence-electron chi connectivity index (χ1n) is 9.47. The number of benzene rings is 2. The molecule has 0 saturated carbocycles. The number of nitrogens with zero attached hydrogens (tertiary/aromatic N) is 2. The molecule has 27 heavy (non-hydrogen) atoms. The quantitative estimate of drug-likeness (QED) is 0.620. The third kappa shape index (κ3) is 4.55. The molecule has 0 bridgehead atoms. The Labute approximate surface area is 160 Å². The van der Waals surface area contributed by atoms with E-state index in [4.69, 9.17) is 9.72 Å². The predicted molar refractivity (Wildman–Crippen MR) is 108 cm³/mol. The minimum Gasteiger partial charge on any atom is -0.380 e. The Kier molecular flexibility index (Phi) is 6.24. The Bertz CT molecular complexity index is 930. The fourth-order valence-electron chi connectivity index (χ4n) is 3.32. The van der Waals surface area contributed by atoms with Gasteiger partial charge in [-0.15, -0.1) is 0 Å². The highest BCUT2D eigenvalue weighted by molar-refractivity contribution is 5.95. The van der Waals surface area contributed by atoms with Gasteiger partial charge in [0.05, 0.1) is 17.6 Å². The molecule has 5 heteroatoms. The Morgan fingerprint density at radius 2 is 2.00 bits per heavy atom. The summed E-state index contributed by atoms with van der Waals surface area (Å²) in [6.07, 6.45) is 0.678. The van der Waals surface area contributed by atoms with E-state index in [-0.39, 0.29) is 5.91 Å². The molecule has 0 aliphatic heterocycles. The molecule has 1 N–H and O–H groups in total. The first-order valence-corrected chi connectivity index (χ1v) is 9.47. The van der Waals surface area contributed by atoms with Gasteiger partial charge in [-0.1, -0.05) is 29.8 Å². The van der Waals surface area contributed by atoms with Gasteiger partial charge < -0.3 is 14.6 Å². The molecular formula is C22H27N3O2. The summed E-state index contributed by atoms with van der Waals surface area (Å²) in [5.41, 5.74) is 4.96. The number of hydrogen-bond acceptors (Lipinski definition) is 3. The number of aryl methyl sites for hydroxylation is 2. The number of para-hydroxylation sites is 2. The highest BCUT2D eigenvalue weighted by Gasteiger charge is 2.12. The van der Waals surface area contributed by atoms with Crippen LogP contribution < -0.4 is 5.32 Å². The summed E-state index contributed by atoms with van der Waals surface area (Å²) in [7, 11) is 0. The van der Waals surface area contributed by atoms with Crippen LogP contribution in [0.3, 0.4) is 0 Å². The Morgan fingerprint density at radius 3 is 2.78 bits per heavy atom. The van der Waals surface area contributed by atoms with E-state index in [1.54, 1.807) is 0 Å². The number of hydrogen-bond donors (Lipinski definition) is 1. The topological polar surface area (TPSA) is 56.1 Å². The van der Waals surface area contributed by atoms with E-state index in [1.165, 1.54) is 0 Å². The van der Waals surface area contributed by atoms with Crippen LogP contribution >= 0.6 is 0 Å². The van der Waals surface area contributed by atoms with E-state index < -0.39 is 0 Å². The molecule has 0 saturated heterocycles. The molecule has 0 unspecified atom stereocenters. The van der Waals surface area contributed by atoms with Crippen LogP contribution in [0.2, 0.25) is 0 Å². The second-order valence-corrected chi connectivity index (χ2v) is 6.69. The van der Waals surface area contributed by atoms with Gasteiger partial charge in [0.2, 0.25) is 0 Å². The van der Waals surface area contributed by atoms with E-state index in [0.717, 1.165) is 40.1 Å². The standard InChI is InChI=1S/C22H27N3O2/c1-4-27-14-13-25-20-8-6-5-7-19(20)24-21(25)11-12-23-22(26)18-10-9-16(2)15-17(18)3/h5-10,15H,4,11-14H2,1-3H3,(H,23,26). The highest BCUT2D eigenvalue weighted by atomic mass is 16.5. The summed E-state index contributed by atoms with van der Waals surface area (Å²) >= 11 is 0. The predicted octanol–water partition coefficient (Wildman–Crippen LogP) is 3.66. The third-order valence-corrected chi connectivity index (χ3v) is 4.66. The lowest BCUT2D eigenvalue weighted by molar-refractivity contribution is 0.0953. The average molecular weight is 365 g/mol. The number of rotatable bonds is 8. The van der Waals surface area contributed by atoms with Crippen LogP contribution in [0, 0.1) is 13.8 Å². The van der Waals surface area contributed by atoms with E-state index in [1.807, 2.05) is 57.2 Å². The number of amides is 1. The molecule has 0 aliphatic rings. The van der Waals surface area contributed by atoms with Crippen LogP contribution in [0.25, 0.3) is 11.0 Å². The highest BCUT2D eigenvalue weighted by Crippen LogP contribution is 2.16. The van der Waals surface area contributed by atoms with Gasteiger partial charge in [0, 0.05) is 31.7 Å². The van der Waals surface area contributed by atoms with Crippen LogP contribution in [0.15, 0.2) is 42.5 Å². The lowest BCUT2D eigenvalue weighted by atomic mass is 10.1. The normalized spacial score (nSPS) is 11.1. The zero-order valence-corrected chi connectivity index (χ0v) is 16.3. The van der Waals surface area contributed by atoms with Crippen LogP contribution in [-0.4, -0.2) is 35.2 Å². The molecule has 0 aliphatic carbocycles. The maximum absolute atomic E-state index is 12.5. The fourth-order valence-corrected chi connectivity index (χ4v) is 3.32. The smallest absolute Gasteiger partial charge is 0.251 e. The first-order chi connectivity index (χ1) is 13.1. The summed E-state index contributed by atoms with van der Waals surface area (Å²) in [5, 5.41) is 3.02. The van der Waals surface area contributed by atoms with E-state index in [2.05, 4.69) is 16.0 Å². The largest absolute Gasteiger partial charge is 0.380 e. The summed E-state index contributed by atoms with van der Waals surface area (Å²) in [6.45, 7) is 8.65. The van der Waals surface area contributed by atoms with Crippen LogP contribution in [0.1, 0.15) is 34.2 Å². The van der Waals surface area contributed by atoms with Gasteiger partial charge in [-0.2, -0.15) is 0 Å².